The fourth-order valence-electron chi connectivity index (χ4n) is 1.03. The van der Waals surface area contributed by atoms with Gasteiger partial charge in [-0.25, -0.2) is 0 Å². The highest BCUT2D eigenvalue weighted by atomic mass is 14.3. The van der Waals surface area contributed by atoms with Crippen molar-refractivity contribution < 1.29 is 0 Å². The molecule has 0 unspecified atom stereocenters. The predicted molar refractivity (Wildman–Crippen MR) is 43.5 cm³/mol. The molecule has 0 spiro atoms. The molecule has 0 aliphatic carbocycles. The lowest BCUT2D eigenvalue weighted by atomic mass is 9.96. The molecule has 2 heteroatoms. The SMILES string of the molecule is CCCCC(CC#N)CC#N. The molecule has 0 fully saturated rings. The summed E-state index contributed by atoms with van der Waals surface area (Å²) >= 11 is 0. The van der Waals surface area contributed by atoms with E-state index >= 15 is 0 Å². The van der Waals surface area contributed by atoms with Gasteiger partial charge in [0.25, 0.3) is 0 Å². The number of hydrogen-bond donors (Lipinski definition) is 0. The second kappa shape index (κ2) is 7.09. The van der Waals surface area contributed by atoms with Crippen molar-refractivity contribution in [2.75, 3.05) is 0 Å². The van der Waals surface area contributed by atoms with Gasteiger partial charge in [-0.3, -0.25) is 0 Å². The Morgan fingerprint density at radius 2 is 1.73 bits per heavy atom. The first-order valence-corrected chi connectivity index (χ1v) is 4.09. The lowest BCUT2D eigenvalue weighted by molar-refractivity contribution is 0.483. The van der Waals surface area contributed by atoms with Gasteiger partial charge in [0, 0.05) is 12.8 Å². The summed E-state index contributed by atoms with van der Waals surface area (Å²) < 4.78 is 0. The molecule has 0 saturated carbocycles. The van der Waals surface area contributed by atoms with Gasteiger partial charge in [-0.2, -0.15) is 10.5 Å². The van der Waals surface area contributed by atoms with Gasteiger partial charge in [-0.05, 0) is 12.3 Å². The molecule has 0 aromatic carbocycles. The van der Waals surface area contributed by atoms with Crippen LogP contribution < -0.4 is 0 Å². The van der Waals surface area contributed by atoms with E-state index < -0.39 is 0 Å². The van der Waals surface area contributed by atoms with Crippen LogP contribution in [0.2, 0.25) is 0 Å². The fraction of sp³-hybridized carbons (Fsp3) is 0.778. The Kier molecular flexibility index (Phi) is 6.43. The predicted octanol–water partition coefficient (Wildman–Crippen LogP) is 2.62. The van der Waals surface area contributed by atoms with Gasteiger partial charge in [0.2, 0.25) is 0 Å². The minimum atomic E-state index is 0.310. The van der Waals surface area contributed by atoms with Crippen molar-refractivity contribution in [2.24, 2.45) is 5.92 Å². The van der Waals surface area contributed by atoms with Crippen LogP contribution in [0.4, 0.5) is 0 Å². The highest BCUT2D eigenvalue weighted by Crippen LogP contribution is 2.15. The Labute approximate surface area is 68.4 Å². The van der Waals surface area contributed by atoms with Crippen LogP contribution in [-0.4, -0.2) is 0 Å². The summed E-state index contributed by atoms with van der Waals surface area (Å²) in [5.41, 5.74) is 0. The van der Waals surface area contributed by atoms with E-state index in [1.807, 2.05) is 0 Å². The molecule has 0 aliphatic heterocycles. The maximum atomic E-state index is 8.40. The molecule has 0 amide bonds. The first-order chi connectivity index (χ1) is 5.35. The maximum Gasteiger partial charge on any atom is 0.0625 e. The van der Waals surface area contributed by atoms with Gasteiger partial charge in [-0.1, -0.05) is 19.8 Å². The van der Waals surface area contributed by atoms with E-state index in [9.17, 15) is 0 Å². The highest BCUT2D eigenvalue weighted by molar-refractivity contribution is 4.82. The lowest BCUT2D eigenvalue weighted by Crippen LogP contribution is -1.97. The third-order valence-corrected chi connectivity index (χ3v) is 1.73. The van der Waals surface area contributed by atoms with Crippen molar-refractivity contribution in [1.29, 1.82) is 10.5 Å². The van der Waals surface area contributed by atoms with Crippen LogP contribution in [0.25, 0.3) is 0 Å². The molecule has 2 nitrogen and oxygen atoms in total. The van der Waals surface area contributed by atoms with Gasteiger partial charge in [0.15, 0.2) is 0 Å². The molecule has 0 N–H and O–H groups in total. The molecule has 0 rings (SSSR count). The zero-order valence-corrected chi connectivity index (χ0v) is 7.01. The maximum absolute atomic E-state index is 8.40. The molecule has 0 aliphatic rings. The molecule has 0 atom stereocenters. The van der Waals surface area contributed by atoms with E-state index in [1.54, 1.807) is 0 Å². The number of rotatable bonds is 5. The molecular formula is C9H14N2. The summed E-state index contributed by atoms with van der Waals surface area (Å²) in [6, 6.07) is 4.22. The second-order valence-corrected chi connectivity index (χ2v) is 2.73. The Bertz CT molecular complexity index is 145. The third-order valence-electron chi connectivity index (χ3n) is 1.73. The smallest absolute Gasteiger partial charge is 0.0625 e. The van der Waals surface area contributed by atoms with E-state index in [-0.39, 0.29) is 0 Å². The Balaban J connectivity index is 3.54. The van der Waals surface area contributed by atoms with E-state index in [1.165, 1.54) is 0 Å². The van der Waals surface area contributed by atoms with Gasteiger partial charge in [0.05, 0.1) is 12.1 Å². The van der Waals surface area contributed by atoms with Crippen molar-refractivity contribution >= 4 is 0 Å². The van der Waals surface area contributed by atoms with Crippen LogP contribution in [0.15, 0.2) is 0 Å². The average molecular weight is 150 g/mol. The molecule has 0 bridgehead atoms. The summed E-state index contributed by atoms with van der Waals surface area (Å²) in [6.07, 6.45) is 4.38. The summed E-state index contributed by atoms with van der Waals surface area (Å²) in [5.74, 6) is 0.310. The molecule has 0 aromatic rings. The van der Waals surface area contributed by atoms with Gasteiger partial charge >= 0.3 is 0 Å². The summed E-state index contributed by atoms with van der Waals surface area (Å²) in [6.45, 7) is 2.12. The number of hydrogen-bond acceptors (Lipinski definition) is 2. The van der Waals surface area contributed by atoms with Crippen molar-refractivity contribution in [1.82, 2.24) is 0 Å². The first-order valence-electron chi connectivity index (χ1n) is 4.09. The minimum Gasteiger partial charge on any atom is -0.198 e. The van der Waals surface area contributed by atoms with E-state index in [0.29, 0.717) is 18.8 Å². The van der Waals surface area contributed by atoms with Crippen molar-refractivity contribution in [2.45, 2.75) is 39.0 Å². The minimum absolute atomic E-state index is 0.310. The van der Waals surface area contributed by atoms with Crippen LogP contribution in [0, 0.1) is 28.6 Å². The van der Waals surface area contributed by atoms with Crippen molar-refractivity contribution in [3.8, 4) is 12.1 Å². The summed E-state index contributed by atoms with van der Waals surface area (Å²) in [5, 5.41) is 16.8. The topological polar surface area (TPSA) is 47.6 Å². The van der Waals surface area contributed by atoms with Crippen LogP contribution >= 0.6 is 0 Å². The van der Waals surface area contributed by atoms with E-state index in [4.69, 9.17) is 10.5 Å². The Morgan fingerprint density at radius 1 is 1.18 bits per heavy atom. The summed E-state index contributed by atoms with van der Waals surface area (Å²) in [4.78, 5) is 0. The van der Waals surface area contributed by atoms with Crippen LogP contribution in [0.1, 0.15) is 39.0 Å². The van der Waals surface area contributed by atoms with E-state index in [2.05, 4.69) is 19.1 Å². The van der Waals surface area contributed by atoms with Gasteiger partial charge in [0.1, 0.15) is 0 Å². The van der Waals surface area contributed by atoms with E-state index in [0.717, 1.165) is 19.3 Å². The van der Waals surface area contributed by atoms with Crippen molar-refractivity contribution in [3.05, 3.63) is 0 Å². The quantitative estimate of drug-likeness (QED) is 0.604. The highest BCUT2D eigenvalue weighted by Gasteiger charge is 2.05. The second-order valence-electron chi connectivity index (χ2n) is 2.73. The normalized spacial score (nSPS) is 9.09. The molecule has 0 aromatic heterocycles. The van der Waals surface area contributed by atoms with Gasteiger partial charge in [-0.15, -0.1) is 0 Å². The van der Waals surface area contributed by atoms with Crippen molar-refractivity contribution in [3.63, 3.8) is 0 Å². The third kappa shape index (κ3) is 5.43. The molecule has 60 valence electrons. The fourth-order valence-corrected chi connectivity index (χ4v) is 1.03. The molecule has 0 saturated heterocycles. The standard InChI is InChI=1S/C9H14N2/c1-2-3-4-9(5-7-10)6-8-11/h9H,2-6H2,1H3. The zero-order chi connectivity index (χ0) is 8.53. The monoisotopic (exact) mass is 150 g/mol. The largest absolute Gasteiger partial charge is 0.198 e. The average Bonchev–Trinajstić information content (AvgIpc) is 2.01. The Morgan fingerprint density at radius 3 is 2.09 bits per heavy atom. The number of nitrogens with zero attached hydrogens (tertiary/aromatic N) is 2. The molecular weight excluding hydrogens is 136 g/mol. The lowest BCUT2D eigenvalue weighted by Gasteiger charge is -2.06. The number of nitriles is 2. The Hall–Kier alpha value is -1.02. The zero-order valence-electron chi connectivity index (χ0n) is 7.01. The number of unbranched alkanes of at least 4 members (excludes halogenated alkanes) is 1. The molecule has 0 heterocycles. The van der Waals surface area contributed by atoms with Crippen LogP contribution in [0.3, 0.4) is 0 Å². The molecule has 0 radical (unpaired) electrons. The van der Waals surface area contributed by atoms with Crippen LogP contribution in [0.5, 0.6) is 0 Å². The summed E-state index contributed by atoms with van der Waals surface area (Å²) in [7, 11) is 0. The first kappa shape index (κ1) is 9.98. The van der Waals surface area contributed by atoms with Crippen LogP contribution in [-0.2, 0) is 0 Å². The molecule has 11 heavy (non-hydrogen) atoms. The van der Waals surface area contributed by atoms with Gasteiger partial charge < -0.3 is 0 Å².